The molecular weight excluding hydrogens is 276 g/mol. The van der Waals surface area contributed by atoms with Gasteiger partial charge in [0.15, 0.2) is 0 Å². The van der Waals surface area contributed by atoms with Gasteiger partial charge in [0.05, 0.1) is 17.0 Å². The topological polar surface area (TPSA) is 114 Å². The Morgan fingerprint density at radius 1 is 1.52 bits per heavy atom. The smallest absolute Gasteiger partial charge is 0.306 e. The molecule has 0 spiro atoms. The molecule has 2 rings (SSSR count). The molecule has 1 N–H and O–H groups in total. The number of rotatable bonds is 6. The molecule has 0 radical (unpaired) electrons. The summed E-state index contributed by atoms with van der Waals surface area (Å²) in [4.78, 5) is 9.96. The Morgan fingerprint density at radius 2 is 2.29 bits per heavy atom. The number of nitriles is 1. The van der Waals surface area contributed by atoms with E-state index in [-0.39, 0.29) is 18.8 Å². The van der Waals surface area contributed by atoms with Crippen LogP contribution in [-0.4, -0.2) is 32.5 Å². The summed E-state index contributed by atoms with van der Waals surface area (Å²) < 4.78 is 6.64. The second-order valence-corrected chi connectivity index (χ2v) is 4.25. The average Bonchev–Trinajstić information content (AvgIpc) is 2.94. The number of hydrogen-bond donors (Lipinski definition) is 1. The van der Waals surface area contributed by atoms with E-state index in [1.165, 1.54) is 10.9 Å². The number of benzene rings is 1. The lowest BCUT2D eigenvalue weighted by molar-refractivity contribution is -0.385. The Labute approximate surface area is 120 Å². The Bertz CT molecular complexity index is 677. The van der Waals surface area contributed by atoms with Crippen LogP contribution in [0.15, 0.2) is 36.7 Å². The number of aliphatic hydroxyl groups excluding tert-OH is 1. The third kappa shape index (κ3) is 3.77. The lowest BCUT2D eigenvalue weighted by Gasteiger charge is -2.12. The molecule has 1 heterocycles. The van der Waals surface area contributed by atoms with Gasteiger partial charge < -0.3 is 9.84 Å². The molecule has 0 bridgehead atoms. The summed E-state index contributed by atoms with van der Waals surface area (Å²) in [7, 11) is 0. The minimum absolute atomic E-state index is 0.0493. The van der Waals surface area contributed by atoms with Gasteiger partial charge in [-0.25, -0.2) is 0 Å². The second-order valence-electron chi connectivity index (χ2n) is 4.25. The van der Waals surface area contributed by atoms with E-state index in [9.17, 15) is 15.2 Å². The minimum atomic E-state index is -0.906. The molecule has 0 aliphatic heterocycles. The molecular formula is C13H12N4O4. The van der Waals surface area contributed by atoms with E-state index in [0.29, 0.717) is 11.3 Å². The quantitative estimate of drug-likeness (QED) is 0.629. The van der Waals surface area contributed by atoms with Crippen molar-refractivity contribution in [1.82, 2.24) is 9.78 Å². The molecule has 21 heavy (non-hydrogen) atoms. The maximum absolute atomic E-state index is 10.5. The van der Waals surface area contributed by atoms with E-state index in [1.807, 2.05) is 6.07 Å². The molecule has 0 amide bonds. The summed E-state index contributed by atoms with van der Waals surface area (Å²) in [5.41, 5.74) is 0.234. The van der Waals surface area contributed by atoms with E-state index in [0.717, 1.165) is 6.20 Å². The van der Waals surface area contributed by atoms with Crippen molar-refractivity contribution in [3.8, 4) is 11.8 Å². The highest BCUT2D eigenvalue weighted by Crippen LogP contribution is 2.17. The van der Waals surface area contributed by atoms with Crippen molar-refractivity contribution < 1.29 is 14.8 Å². The van der Waals surface area contributed by atoms with Gasteiger partial charge in [-0.1, -0.05) is 12.1 Å². The molecule has 8 heteroatoms. The molecule has 1 unspecified atom stereocenters. The van der Waals surface area contributed by atoms with Gasteiger partial charge >= 0.3 is 5.69 Å². The third-order valence-electron chi connectivity index (χ3n) is 2.67. The van der Waals surface area contributed by atoms with Crippen LogP contribution in [0.2, 0.25) is 0 Å². The van der Waals surface area contributed by atoms with E-state index in [2.05, 4.69) is 5.10 Å². The number of nitro groups is 1. The summed E-state index contributed by atoms with van der Waals surface area (Å²) in [6, 6.07) is 8.66. The average molecular weight is 288 g/mol. The van der Waals surface area contributed by atoms with E-state index in [4.69, 9.17) is 10.00 Å². The van der Waals surface area contributed by atoms with Gasteiger partial charge in [-0.3, -0.25) is 14.8 Å². The predicted octanol–water partition coefficient (Wildman–Crippen LogP) is 1.10. The summed E-state index contributed by atoms with van der Waals surface area (Å²) >= 11 is 0. The molecule has 1 aromatic carbocycles. The number of para-hydroxylation sites is 1. The lowest BCUT2D eigenvalue weighted by Crippen LogP contribution is -2.24. The largest absolute Gasteiger partial charge is 0.489 e. The standard InChI is InChI=1S/C13H12N4O4/c14-5-10-3-1-2-4-13(10)21-9-12(18)8-16-7-11(6-15-16)17(19)20/h1-4,6-7,12,18H,8-9H2. The van der Waals surface area contributed by atoms with Crippen LogP contribution in [0.1, 0.15) is 5.56 Å². The van der Waals surface area contributed by atoms with E-state index >= 15 is 0 Å². The number of aliphatic hydroxyl groups is 1. The van der Waals surface area contributed by atoms with Crippen LogP contribution < -0.4 is 4.74 Å². The lowest BCUT2D eigenvalue weighted by atomic mass is 10.2. The summed E-state index contributed by atoms with van der Waals surface area (Å²) in [5, 5.41) is 33.0. The zero-order valence-corrected chi connectivity index (χ0v) is 10.9. The first-order valence-corrected chi connectivity index (χ1v) is 6.07. The van der Waals surface area contributed by atoms with Crippen molar-refractivity contribution in [2.45, 2.75) is 12.6 Å². The molecule has 108 valence electrons. The summed E-state index contributed by atoms with van der Waals surface area (Å²) in [6.07, 6.45) is 1.43. The zero-order valence-electron chi connectivity index (χ0n) is 10.9. The maximum atomic E-state index is 10.5. The van der Waals surface area contributed by atoms with Crippen molar-refractivity contribution >= 4 is 5.69 Å². The van der Waals surface area contributed by atoms with Crippen LogP contribution in [0.25, 0.3) is 0 Å². The highest BCUT2D eigenvalue weighted by molar-refractivity contribution is 5.42. The fourth-order valence-electron chi connectivity index (χ4n) is 1.69. The van der Waals surface area contributed by atoms with Crippen molar-refractivity contribution in [1.29, 1.82) is 5.26 Å². The molecule has 0 aliphatic carbocycles. The highest BCUT2D eigenvalue weighted by Gasteiger charge is 2.13. The van der Waals surface area contributed by atoms with Crippen LogP contribution in [0.3, 0.4) is 0 Å². The molecule has 0 fully saturated rings. The molecule has 0 saturated heterocycles. The fraction of sp³-hybridized carbons (Fsp3) is 0.231. The van der Waals surface area contributed by atoms with Gasteiger partial charge in [0, 0.05) is 0 Å². The van der Waals surface area contributed by atoms with Gasteiger partial charge in [0.1, 0.15) is 36.9 Å². The van der Waals surface area contributed by atoms with Gasteiger partial charge in [0.25, 0.3) is 0 Å². The van der Waals surface area contributed by atoms with Crippen molar-refractivity contribution in [3.05, 3.63) is 52.3 Å². The first-order valence-electron chi connectivity index (χ1n) is 6.07. The van der Waals surface area contributed by atoms with Gasteiger partial charge in [-0.05, 0) is 12.1 Å². The minimum Gasteiger partial charge on any atom is -0.489 e. The highest BCUT2D eigenvalue weighted by atomic mass is 16.6. The Morgan fingerprint density at radius 3 is 2.95 bits per heavy atom. The fourth-order valence-corrected chi connectivity index (χ4v) is 1.69. The first kappa shape index (κ1) is 14.5. The van der Waals surface area contributed by atoms with Gasteiger partial charge in [-0.2, -0.15) is 10.4 Å². The normalized spacial score (nSPS) is 11.6. The van der Waals surface area contributed by atoms with Crippen LogP contribution >= 0.6 is 0 Å². The van der Waals surface area contributed by atoms with E-state index < -0.39 is 11.0 Å². The van der Waals surface area contributed by atoms with Crippen LogP contribution in [0, 0.1) is 21.4 Å². The zero-order chi connectivity index (χ0) is 15.2. The third-order valence-corrected chi connectivity index (χ3v) is 2.67. The first-order chi connectivity index (χ1) is 10.1. The number of aromatic nitrogens is 2. The van der Waals surface area contributed by atoms with Crippen molar-refractivity contribution in [2.24, 2.45) is 0 Å². The molecule has 1 atom stereocenters. The second kappa shape index (κ2) is 6.49. The Kier molecular flexibility index (Phi) is 4.48. The van der Waals surface area contributed by atoms with Crippen molar-refractivity contribution in [3.63, 3.8) is 0 Å². The number of ether oxygens (including phenoxy) is 1. The number of nitrogens with zero attached hydrogens (tertiary/aromatic N) is 4. The van der Waals surface area contributed by atoms with Crippen LogP contribution in [0.5, 0.6) is 5.75 Å². The molecule has 2 aromatic rings. The SMILES string of the molecule is N#Cc1ccccc1OCC(O)Cn1cc([N+](=O)[O-])cn1. The van der Waals surface area contributed by atoms with Gasteiger partial charge in [-0.15, -0.1) is 0 Å². The molecule has 8 nitrogen and oxygen atoms in total. The van der Waals surface area contributed by atoms with Crippen LogP contribution in [0.4, 0.5) is 5.69 Å². The van der Waals surface area contributed by atoms with Gasteiger partial charge in [0.2, 0.25) is 0 Å². The maximum Gasteiger partial charge on any atom is 0.306 e. The summed E-state index contributed by atoms with van der Waals surface area (Å²) in [6.45, 7) is 0.00884. The van der Waals surface area contributed by atoms with E-state index in [1.54, 1.807) is 24.3 Å². The summed E-state index contributed by atoms with van der Waals surface area (Å²) in [5.74, 6) is 0.380. The van der Waals surface area contributed by atoms with Crippen LogP contribution in [-0.2, 0) is 6.54 Å². The van der Waals surface area contributed by atoms with Crippen molar-refractivity contribution in [2.75, 3.05) is 6.61 Å². The molecule has 1 aromatic heterocycles. The predicted molar refractivity (Wildman–Crippen MR) is 71.5 cm³/mol. The monoisotopic (exact) mass is 288 g/mol. The Hall–Kier alpha value is -2.92. The number of hydrogen-bond acceptors (Lipinski definition) is 6. The Balaban J connectivity index is 1.91. The molecule has 0 aliphatic rings. The molecule has 0 saturated carbocycles.